The van der Waals surface area contributed by atoms with E-state index in [0.29, 0.717) is 6.42 Å². The van der Waals surface area contributed by atoms with Gasteiger partial charge in [-0.05, 0) is 0 Å². The van der Waals surface area contributed by atoms with Gasteiger partial charge in [-0.15, -0.1) is 0 Å². The minimum atomic E-state index is -0.938. The Balaban J connectivity index is 2.27. The molecule has 0 spiro atoms. The van der Waals surface area contributed by atoms with Gasteiger partial charge in [-0.1, -0.05) is 0 Å². The van der Waals surface area contributed by atoms with Crippen molar-refractivity contribution in [2.45, 2.75) is 12.5 Å². The molecule has 0 radical (unpaired) electrons. The Kier molecular flexibility index (Phi) is 2.64. The molecule has 4 nitrogen and oxygen atoms in total. The molecule has 0 aliphatic carbocycles. The third-order valence-electron chi connectivity index (χ3n) is 2.12. The van der Waals surface area contributed by atoms with E-state index in [1.54, 1.807) is 0 Å². The molecular formula is C9H10N2O2Te. The zero-order chi connectivity index (χ0) is 10.1. The van der Waals surface area contributed by atoms with E-state index >= 15 is 0 Å². The summed E-state index contributed by atoms with van der Waals surface area (Å²) in [5, 5.41) is 8.69. The normalized spacial score (nSPS) is 13.2. The number of hydrogen-bond donors (Lipinski definition) is 3. The second-order valence-corrected chi connectivity index (χ2v) is 5.74. The number of rotatable bonds is 3. The van der Waals surface area contributed by atoms with Crippen LogP contribution in [0.3, 0.4) is 0 Å². The van der Waals surface area contributed by atoms with E-state index in [1.807, 2.05) is 6.20 Å². The quantitative estimate of drug-likeness (QED) is 0.708. The first-order chi connectivity index (χ1) is 6.68. The van der Waals surface area contributed by atoms with Crippen LogP contribution in [0.15, 0.2) is 16.3 Å². The number of aromatic amines is 1. The van der Waals surface area contributed by atoms with Crippen LogP contribution in [0.1, 0.15) is 5.56 Å². The topological polar surface area (TPSA) is 79.1 Å². The van der Waals surface area contributed by atoms with Gasteiger partial charge in [-0.25, -0.2) is 0 Å². The Bertz CT molecular complexity index is 460. The predicted molar refractivity (Wildman–Crippen MR) is 54.6 cm³/mol. The van der Waals surface area contributed by atoms with Crippen molar-refractivity contribution in [2.75, 3.05) is 0 Å². The van der Waals surface area contributed by atoms with Crippen molar-refractivity contribution >= 4 is 35.3 Å². The van der Waals surface area contributed by atoms with Gasteiger partial charge in [0.2, 0.25) is 0 Å². The van der Waals surface area contributed by atoms with E-state index in [1.165, 1.54) is 3.40 Å². The van der Waals surface area contributed by atoms with Crippen molar-refractivity contribution in [3.05, 3.63) is 21.9 Å². The fourth-order valence-corrected chi connectivity index (χ4v) is 3.91. The van der Waals surface area contributed by atoms with E-state index in [4.69, 9.17) is 10.8 Å². The second-order valence-electron chi connectivity index (χ2n) is 3.13. The summed E-state index contributed by atoms with van der Waals surface area (Å²) in [5.41, 5.74) is 7.69. The van der Waals surface area contributed by atoms with Gasteiger partial charge in [0.25, 0.3) is 0 Å². The van der Waals surface area contributed by atoms with Crippen LogP contribution in [0.5, 0.6) is 0 Å². The molecule has 0 aliphatic heterocycles. The number of nitrogens with two attached hydrogens (primary N) is 1. The van der Waals surface area contributed by atoms with Crippen LogP contribution < -0.4 is 5.73 Å². The van der Waals surface area contributed by atoms with E-state index in [0.717, 1.165) is 11.1 Å². The summed E-state index contributed by atoms with van der Waals surface area (Å²) >= 11 is -0.246. The number of carboxylic acids is 1. The predicted octanol–water partition coefficient (Wildman–Crippen LogP) is 0.179. The van der Waals surface area contributed by atoms with Crippen LogP contribution in [0, 0.1) is 0 Å². The fourth-order valence-electron chi connectivity index (χ4n) is 1.38. The van der Waals surface area contributed by atoms with E-state index in [-0.39, 0.29) is 20.4 Å². The molecule has 0 aromatic carbocycles. The molecule has 2 rings (SSSR count). The van der Waals surface area contributed by atoms with Gasteiger partial charge in [0.05, 0.1) is 0 Å². The Morgan fingerprint density at radius 2 is 2.50 bits per heavy atom. The second kappa shape index (κ2) is 3.77. The molecule has 4 N–H and O–H groups in total. The Morgan fingerprint density at radius 3 is 3.21 bits per heavy atom. The molecule has 0 fully saturated rings. The number of hydrogen-bond acceptors (Lipinski definition) is 2. The molecule has 2 aromatic heterocycles. The maximum atomic E-state index is 10.6. The van der Waals surface area contributed by atoms with Crippen molar-refractivity contribution in [3.63, 3.8) is 0 Å². The molecule has 0 saturated heterocycles. The number of H-pyrrole nitrogens is 1. The minimum absolute atomic E-state index is 0.246. The SMILES string of the molecule is N[C@@H](Cc1c[nH]c2cc[te]c12)C(=O)O. The summed E-state index contributed by atoms with van der Waals surface area (Å²) in [5.74, 6) is -0.938. The van der Waals surface area contributed by atoms with Gasteiger partial charge >= 0.3 is 90.3 Å². The van der Waals surface area contributed by atoms with Crippen molar-refractivity contribution in [2.24, 2.45) is 5.73 Å². The van der Waals surface area contributed by atoms with Crippen LogP contribution >= 0.6 is 0 Å². The number of nitrogens with one attached hydrogen (secondary N) is 1. The monoisotopic (exact) mass is 308 g/mol. The standard InChI is InChI=1S/C9H10N2O2Te/c10-6(9(12)13)3-5-4-11-7-1-2-14-8(5)7/h1-2,4,6,11H,3,10H2,(H,12,13)/t6-/m0/s1. The maximum absolute atomic E-state index is 10.6. The Labute approximate surface area is 90.3 Å². The molecule has 0 unspecified atom stereocenters. The summed E-state index contributed by atoms with van der Waals surface area (Å²) in [6.07, 6.45) is 2.30. The summed E-state index contributed by atoms with van der Waals surface area (Å²) in [4.78, 5) is 13.7. The summed E-state index contributed by atoms with van der Waals surface area (Å²) in [7, 11) is 0. The first kappa shape index (κ1) is 9.78. The van der Waals surface area contributed by atoms with Crippen LogP contribution in [-0.4, -0.2) is 42.5 Å². The van der Waals surface area contributed by atoms with Crippen molar-refractivity contribution < 1.29 is 9.90 Å². The van der Waals surface area contributed by atoms with Gasteiger partial charge in [0, 0.05) is 0 Å². The summed E-state index contributed by atoms with van der Waals surface area (Å²) in [6.45, 7) is 0. The molecule has 1 atom stereocenters. The number of carboxylic acid groups (broad SMARTS) is 1. The first-order valence-corrected chi connectivity index (χ1v) is 6.71. The zero-order valence-corrected chi connectivity index (χ0v) is 9.69. The van der Waals surface area contributed by atoms with Crippen molar-refractivity contribution in [1.29, 1.82) is 0 Å². The van der Waals surface area contributed by atoms with Gasteiger partial charge in [-0.2, -0.15) is 0 Å². The third kappa shape index (κ3) is 1.71. The zero-order valence-electron chi connectivity index (χ0n) is 7.36. The molecule has 0 saturated carbocycles. The molecule has 5 heteroatoms. The van der Waals surface area contributed by atoms with E-state index in [9.17, 15) is 4.79 Å². The van der Waals surface area contributed by atoms with Gasteiger partial charge in [0.1, 0.15) is 0 Å². The molecule has 74 valence electrons. The number of aliphatic carboxylic acids is 1. The third-order valence-corrected chi connectivity index (χ3v) is 4.94. The number of aromatic nitrogens is 1. The van der Waals surface area contributed by atoms with Gasteiger partial charge in [-0.3, -0.25) is 0 Å². The van der Waals surface area contributed by atoms with Crippen molar-refractivity contribution in [3.8, 4) is 0 Å². The van der Waals surface area contributed by atoms with Crippen LogP contribution in [0.4, 0.5) is 0 Å². The van der Waals surface area contributed by atoms with Gasteiger partial charge in [0.15, 0.2) is 0 Å². The van der Waals surface area contributed by atoms with Crippen LogP contribution in [-0.2, 0) is 11.2 Å². The summed E-state index contributed by atoms with van der Waals surface area (Å²) in [6, 6.07) is 1.27. The molecule has 0 bridgehead atoms. The first-order valence-electron chi connectivity index (χ1n) is 4.20. The number of fused-ring (bicyclic) bond motifs is 1. The van der Waals surface area contributed by atoms with Crippen LogP contribution in [0.25, 0.3) is 8.92 Å². The Morgan fingerprint density at radius 1 is 1.71 bits per heavy atom. The average molecular weight is 306 g/mol. The van der Waals surface area contributed by atoms with Crippen LogP contribution in [0.2, 0.25) is 0 Å². The molecule has 2 heterocycles. The molecule has 2 aromatic rings. The van der Waals surface area contributed by atoms with Crippen molar-refractivity contribution in [1.82, 2.24) is 4.98 Å². The molecular weight excluding hydrogens is 296 g/mol. The summed E-state index contributed by atoms with van der Waals surface area (Å²) < 4.78 is 3.49. The molecule has 0 aliphatic rings. The molecule has 14 heavy (non-hydrogen) atoms. The molecule has 0 amide bonds. The van der Waals surface area contributed by atoms with Gasteiger partial charge < -0.3 is 0 Å². The van der Waals surface area contributed by atoms with E-state index < -0.39 is 12.0 Å². The average Bonchev–Trinajstić information content (AvgIpc) is 2.69. The fraction of sp³-hybridized carbons (Fsp3) is 0.222. The number of carbonyl (C=O) groups is 1. The van der Waals surface area contributed by atoms with E-state index in [2.05, 4.69) is 15.1 Å². The Hall–Kier alpha value is -0.760.